The van der Waals surface area contributed by atoms with Crippen LogP contribution in [-0.2, 0) is 24.9 Å². The van der Waals surface area contributed by atoms with Gasteiger partial charge in [0, 0.05) is 6.07 Å². The van der Waals surface area contributed by atoms with E-state index in [0.29, 0.717) is 18.6 Å². The van der Waals surface area contributed by atoms with Crippen molar-refractivity contribution in [3.63, 3.8) is 0 Å². The van der Waals surface area contributed by atoms with Gasteiger partial charge in [-0.3, -0.25) is 4.57 Å². The third-order valence-electron chi connectivity index (χ3n) is 5.72. The molecule has 0 saturated carbocycles. The van der Waals surface area contributed by atoms with E-state index in [0.717, 1.165) is 12.8 Å². The fraction of sp³-hybridized carbons (Fsp3) is 0.769. The van der Waals surface area contributed by atoms with Gasteiger partial charge in [-0.25, -0.2) is 9.36 Å². The molecule has 7 nitrogen and oxygen atoms in total. The van der Waals surface area contributed by atoms with Crippen LogP contribution < -0.4 is 9.46 Å². The average Bonchev–Trinajstić information content (AvgIpc) is 2.82. The van der Waals surface area contributed by atoms with Crippen molar-refractivity contribution < 1.29 is 32.6 Å². The third-order valence-corrected chi connectivity index (χ3v) is 6.71. The highest BCUT2D eigenvalue weighted by Gasteiger charge is 2.14. The number of hydrogen-bond donors (Lipinski definition) is 0. The Morgan fingerprint density at radius 1 is 0.853 bits per heavy atom. The predicted molar refractivity (Wildman–Crippen MR) is 132 cm³/mol. The zero-order valence-electron chi connectivity index (χ0n) is 21.4. The number of nitrogens with zero attached hydrogens (tertiary/aromatic N) is 1. The highest BCUT2D eigenvalue weighted by atomic mass is 31.2. The first kappa shape index (κ1) is 30.8. The molecule has 1 aromatic rings. The second-order valence-electron chi connectivity index (χ2n) is 8.76. The second kappa shape index (κ2) is 20.0. The minimum absolute atomic E-state index is 0.0591. The fourth-order valence-corrected chi connectivity index (χ4v) is 4.50. The molecule has 0 aliphatic heterocycles. The number of ether oxygens (including phenoxy) is 1. The van der Waals surface area contributed by atoms with E-state index in [1.807, 2.05) is 0 Å². The summed E-state index contributed by atoms with van der Waals surface area (Å²) in [6, 6.07) is 3.35. The molecule has 1 aromatic heterocycles. The second-order valence-corrected chi connectivity index (χ2v) is 10.2. The molecule has 1 unspecified atom stereocenters. The number of pyridine rings is 1. The summed E-state index contributed by atoms with van der Waals surface area (Å²) in [5.74, 6) is -0.413. The van der Waals surface area contributed by atoms with Crippen LogP contribution >= 0.6 is 7.82 Å². The molecular weight excluding hydrogens is 453 g/mol. The van der Waals surface area contributed by atoms with Gasteiger partial charge in [-0.05, 0) is 19.4 Å². The summed E-state index contributed by atoms with van der Waals surface area (Å²) in [5, 5.41) is 0. The molecule has 34 heavy (non-hydrogen) atoms. The summed E-state index contributed by atoms with van der Waals surface area (Å²) in [7, 11) is -4.31. The molecule has 0 aromatic carbocycles. The summed E-state index contributed by atoms with van der Waals surface area (Å²) < 4.78 is 28.5. The lowest BCUT2D eigenvalue weighted by atomic mass is 10.0. The van der Waals surface area contributed by atoms with Crippen molar-refractivity contribution in [3.8, 4) is 0 Å². The molecule has 0 aliphatic carbocycles. The average molecular weight is 500 g/mol. The molecule has 1 heterocycles. The van der Waals surface area contributed by atoms with Gasteiger partial charge in [0.2, 0.25) is 0 Å². The molecule has 196 valence electrons. The quantitative estimate of drug-likeness (QED) is 0.0825. The molecule has 0 bridgehead atoms. The Hall–Kier alpha value is -1.27. The van der Waals surface area contributed by atoms with Crippen LogP contribution in [0.4, 0.5) is 0 Å². The number of unbranched alkanes of at least 4 members (excludes halogenated alkanes) is 13. The summed E-state index contributed by atoms with van der Waals surface area (Å²) in [5.41, 5.74) is 0.406. The Kier molecular flexibility index (Phi) is 18.1. The van der Waals surface area contributed by atoms with Crippen LogP contribution in [0.2, 0.25) is 0 Å². The molecule has 1 rings (SSSR count). The van der Waals surface area contributed by atoms with Crippen molar-refractivity contribution >= 4 is 13.8 Å². The maximum atomic E-state index is 11.9. The van der Waals surface area contributed by atoms with Gasteiger partial charge in [0.15, 0.2) is 18.9 Å². The summed E-state index contributed by atoms with van der Waals surface area (Å²) in [6.45, 7) is 4.67. The summed E-state index contributed by atoms with van der Waals surface area (Å²) in [6.07, 6.45) is 20.8. The number of carbonyl (C=O) groups is 1. The number of rotatable bonds is 22. The van der Waals surface area contributed by atoms with Gasteiger partial charge in [0.1, 0.15) is 12.2 Å². The van der Waals surface area contributed by atoms with E-state index >= 15 is 0 Å². The largest absolute Gasteiger partial charge is 0.756 e. The molecule has 0 N–H and O–H groups in total. The number of aromatic nitrogens is 1. The van der Waals surface area contributed by atoms with Crippen molar-refractivity contribution in [1.82, 2.24) is 0 Å². The van der Waals surface area contributed by atoms with Crippen LogP contribution in [0.3, 0.4) is 0 Å². The Labute approximate surface area is 206 Å². The molecule has 0 aliphatic rings. The van der Waals surface area contributed by atoms with Gasteiger partial charge in [-0.15, -0.1) is 0 Å². The fourth-order valence-electron chi connectivity index (χ4n) is 3.76. The number of hydrogen-bond acceptors (Lipinski definition) is 6. The molecular formula is C26H46NO6P. The number of esters is 1. The third kappa shape index (κ3) is 16.4. The monoisotopic (exact) mass is 499 g/mol. The van der Waals surface area contributed by atoms with E-state index in [9.17, 15) is 14.3 Å². The first-order valence-corrected chi connectivity index (χ1v) is 14.7. The van der Waals surface area contributed by atoms with Gasteiger partial charge in [0.25, 0.3) is 7.82 Å². The van der Waals surface area contributed by atoms with Crippen molar-refractivity contribution in [2.75, 3.05) is 19.8 Å². The topological polar surface area (TPSA) is 88.8 Å². The van der Waals surface area contributed by atoms with E-state index in [4.69, 9.17) is 13.8 Å². The Bertz CT molecular complexity index is 700. The summed E-state index contributed by atoms with van der Waals surface area (Å²) in [4.78, 5) is 23.7. The lowest BCUT2D eigenvalue weighted by Gasteiger charge is -2.21. The van der Waals surface area contributed by atoms with Crippen LogP contribution in [-0.4, -0.2) is 25.8 Å². The molecule has 0 amide bonds. The standard InChI is InChI=1S/C26H46NO6P/c1-3-5-6-7-8-9-10-11-12-13-14-15-16-17-22-32-34(29,30)33-23-21-27-20-18-19-25(24-27)26(28)31-4-2/h18-20,24H,3-17,21-23H2,1-2H3. The molecule has 0 radical (unpaired) electrons. The maximum absolute atomic E-state index is 11.9. The highest BCUT2D eigenvalue weighted by molar-refractivity contribution is 7.45. The number of phosphoric acid groups is 1. The van der Waals surface area contributed by atoms with E-state index in [-0.39, 0.29) is 19.8 Å². The van der Waals surface area contributed by atoms with Crippen LogP contribution in [0.15, 0.2) is 24.5 Å². The number of carbonyl (C=O) groups excluding carboxylic acids is 1. The van der Waals surface area contributed by atoms with E-state index < -0.39 is 13.8 Å². The number of phosphoric ester groups is 1. The minimum atomic E-state index is -4.31. The zero-order valence-corrected chi connectivity index (χ0v) is 22.3. The Balaban J connectivity index is 2.00. The first-order valence-electron chi connectivity index (χ1n) is 13.2. The molecule has 0 spiro atoms. The molecule has 0 fully saturated rings. The van der Waals surface area contributed by atoms with Gasteiger partial charge in [0.05, 0.1) is 13.2 Å². The SMILES string of the molecule is CCCCCCCCCCCCCCCCOP(=O)([O-])OCC[n+]1cccc(C(=O)OCC)c1. The lowest BCUT2D eigenvalue weighted by molar-refractivity contribution is -0.697. The minimum Gasteiger partial charge on any atom is -0.756 e. The van der Waals surface area contributed by atoms with E-state index in [1.165, 1.54) is 70.6 Å². The van der Waals surface area contributed by atoms with Gasteiger partial charge in [-0.1, -0.05) is 90.4 Å². The molecule has 1 atom stereocenters. The molecule has 0 saturated heterocycles. The zero-order chi connectivity index (χ0) is 24.9. The van der Waals surface area contributed by atoms with Crippen LogP contribution in [0, 0.1) is 0 Å². The van der Waals surface area contributed by atoms with Gasteiger partial charge < -0.3 is 18.7 Å². The predicted octanol–water partition coefficient (Wildman–Crippen LogP) is 6.13. The van der Waals surface area contributed by atoms with Crippen molar-refractivity contribution in [2.45, 2.75) is 110 Å². The van der Waals surface area contributed by atoms with Gasteiger partial charge >= 0.3 is 5.97 Å². The summed E-state index contributed by atoms with van der Waals surface area (Å²) >= 11 is 0. The van der Waals surface area contributed by atoms with E-state index in [1.54, 1.807) is 36.0 Å². The van der Waals surface area contributed by atoms with Crippen LogP contribution in [0.25, 0.3) is 0 Å². The van der Waals surface area contributed by atoms with Crippen molar-refractivity contribution in [2.24, 2.45) is 0 Å². The smallest absolute Gasteiger partial charge is 0.344 e. The van der Waals surface area contributed by atoms with Crippen molar-refractivity contribution in [3.05, 3.63) is 30.1 Å². The van der Waals surface area contributed by atoms with E-state index in [2.05, 4.69) is 6.92 Å². The lowest BCUT2D eigenvalue weighted by Crippen LogP contribution is -2.36. The van der Waals surface area contributed by atoms with Crippen LogP contribution in [0.5, 0.6) is 0 Å². The maximum Gasteiger partial charge on any atom is 0.344 e. The first-order chi connectivity index (χ1) is 16.5. The van der Waals surface area contributed by atoms with Crippen LogP contribution in [0.1, 0.15) is 114 Å². The Morgan fingerprint density at radius 2 is 1.38 bits per heavy atom. The highest BCUT2D eigenvalue weighted by Crippen LogP contribution is 2.38. The molecule has 8 heteroatoms. The van der Waals surface area contributed by atoms with Gasteiger partial charge in [-0.2, -0.15) is 0 Å². The Morgan fingerprint density at radius 3 is 1.94 bits per heavy atom. The normalized spacial score (nSPS) is 13.0. The van der Waals surface area contributed by atoms with Crippen molar-refractivity contribution in [1.29, 1.82) is 0 Å².